The Morgan fingerprint density at radius 3 is 2.65 bits per heavy atom. The van der Waals surface area contributed by atoms with E-state index in [2.05, 4.69) is 0 Å². The number of hydrogen-bond donors (Lipinski definition) is 0. The third-order valence-electron chi connectivity index (χ3n) is 4.51. The van der Waals surface area contributed by atoms with Gasteiger partial charge in [0.15, 0.2) is 13.2 Å². The summed E-state index contributed by atoms with van der Waals surface area (Å²) in [6.45, 7) is 5.40. The van der Waals surface area contributed by atoms with E-state index in [1.165, 1.54) is 0 Å². The SMILES string of the molecule is Cc1ccc(OCC(=O)OCC(=O)N2c3ccccc3C[C@@H]2C)c(C)c1. The van der Waals surface area contributed by atoms with E-state index in [4.69, 9.17) is 9.47 Å². The number of anilines is 1. The summed E-state index contributed by atoms with van der Waals surface area (Å²) in [6, 6.07) is 13.6. The van der Waals surface area contributed by atoms with Crippen molar-refractivity contribution in [1.29, 1.82) is 0 Å². The van der Waals surface area contributed by atoms with Gasteiger partial charge in [0.25, 0.3) is 5.91 Å². The van der Waals surface area contributed by atoms with Gasteiger partial charge in [0, 0.05) is 11.7 Å². The van der Waals surface area contributed by atoms with Crippen LogP contribution in [-0.2, 0) is 20.7 Å². The number of benzene rings is 2. The zero-order valence-corrected chi connectivity index (χ0v) is 15.3. The van der Waals surface area contributed by atoms with Crippen molar-refractivity contribution in [2.75, 3.05) is 18.1 Å². The van der Waals surface area contributed by atoms with Gasteiger partial charge in [0.05, 0.1) is 0 Å². The van der Waals surface area contributed by atoms with Crippen molar-refractivity contribution in [1.82, 2.24) is 0 Å². The Hall–Kier alpha value is -2.82. The molecule has 0 saturated heterocycles. The van der Waals surface area contributed by atoms with E-state index >= 15 is 0 Å². The fraction of sp³-hybridized carbons (Fsp3) is 0.333. The molecule has 26 heavy (non-hydrogen) atoms. The number of hydrogen-bond acceptors (Lipinski definition) is 4. The molecule has 3 rings (SSSR count). The summed E-state index contributed by atoms with van der Waals surface area (Å²) < 4.78 is 10.6. The predicted molar refractivity (Wildman–Crippen MR) is 99.5 cm³/mol. The van der Waals surface area contributed by atoms with E-state index < -0.39 is 5.97 Å². The highest BCUT2D eigenvalue weighted by Crippen LogP contribution is 2.31. The van der Waals surface area contributed by atoms with Crippen LogP contribution in [0.2, 0.25) is 0 Å². The second-order valence-corrected chi connectivity index (χ2v) is 6.66. The van der Waals surface area contributed by atoms with Gasteiger partial charge < -0.3 is 14.4 Å². The molecule has 0 N–H and O–H groups in total. The van der Waals surface area contributed by atoms with E-state index in [0.29, 0.717) is 5.75 Å². The number of aryl methyl sites for hydroxylation is 2. The molecule has 2 aromatic carbocycles. The predicted octanol–water partition coefficient (Wildman–Crippen LogP) is 3.20. The average molecular weight is 353 g/mol. The van der Waals surface area contributed by atoms with Gasteiger partial charge in [-0.25, -0.2) is 4.79 Å². The number of esters is 1. The lowest BCUT2D eigenvalue weighted by Gasteiger charge is -2.22. The number of carbonyl (C=O) groups excluding carboxylic acids is 2. The third-order valence-corrected chi connectivity index (χ3v) is 4.51. The van der Waals surface area contributed by atoms with Crippen LogP contribution < -0.4 is 9.64 Å². The monoisotopic (exact) mass is 353 g/mol. The highest BCUT2D eigenvalue weighted by atomic mass is 16.6. The van der Waals surface area contributed by atoms with Gasteiger partial charge in [0.2, 0.25) is 0 Å². The van der Waals surface area contributed by atoms with E-state index in [9.17, 15) is 9.59 Å². The van der Waals surface area contributed by atoms with Crippen LogP contribution in [-0.4, -0.2) is 31.1 Å². The Balaban J connectivity index is 1.52. The Morgan fingerprint density at radius 1 is 1.12 bits per heavy atom. The number of amides is 1. The lowest BCUT2D eigenvalue weighted by atomic mass is 10.1. The van der Waals surface area contributed by atoms with Crippen LogP contribution in [0.25, 0.3) is 0 Å². The minimum absolute atomic E-state index is 0.0602. The van der Waals surface area contributed by atoms with Crippen molar-refractivity contribution in [3.8, 4) is 5.75 Å². The summed E-state index contributed by atoms with van der Waals surface area (Å²) in [5.41, 5.74) is 4.12. The fourth-order valence-electron chi connectivity index (χ4n) is 3.30. The molecule has 0 aromatic heterocycles. The normalized spacial score (nSPS) is 15.5. The standard InChI is InChI=1S/C21H23NO4/c1-14-8-9-19(15(2)10-14)25-13-21(24)26-12-20(23)22-16(3)11-17-6-4-5-7-18(17)22/h4-10,16H,11-13H2,1-3H3/t16-/m0/s1. The van der Waals surface area contributed by atoms with Gasteiger partial charge in [-0.1, -0.05) is 35.9 Å². The van der Waals surface area contributed by atoms with E-state index in [1.54, 1.807) is 4.90 Å². The molecule has 2 aromatic rings. The minimum atomic E-state index is -0.557. The largest absolute Gasteiger partial charge is 0.482 e. The molecule has 0 aliphatic carbocycles. The summed E-state index contributed by atoms with van der Waals surface area (Å²) >= 11 is 0. The maximum Gasteiger partial charge on any atom is 0.344 e. The molecule has 1 aliphatic rings. The maximum atomic E-state index is 12.5. The maximum absolute atomic E-state index is 12.5. The zero-order chi connectivity index (χ0) is 18.7. The number of carbonyl (C=O) groups is 2. The molecular weight excluding hydrogens is 330 g/mol. The topological polar surface area (TPSA) is 55.8 Å². The lowest BCUT2D eigenvalue weighted by Crippen LogP contribution is -2.39. The molecule has 136 valence electrons. The summed E-state index contributed by atoms with van der Waals surface area (Å²) in [6.07, 6.45) is 0.811. The molecule has 0 saturated carbocycles. The molecule has 0 radical (unpaired) electrons. The minimum Gasteiger partial charge on any atom is -0.482 e. The molecule has 1 heterocycles. The highest BCUT2D eigenvalue weighted by Gasteiger charge is 2.30. The van der Waals surface area contributed by atoms with Crippen molar-refractivity contribution in [2.45, 2.75) is 33.2 Å². The van der Waals surface area contributed by atoms with Crippen LogP contribution >= 0.6 is 0 Å². The summed E-state index contributed by atoms with van der Waals surface area (Å²) in [5, 5.41) is 0. The third kappa shape index (κ3) is 3.87. The van der Waals surface area contributed by atoms with Crippen molar-refractivity contribution in [3.63, 3.8) is 0 Å². The quantitative estimate of drug-likeness (QED) is 0.775. The average Bonchev–Trinajstić information content (AvgIpc) is 2.94. The Morgan fingerprint density at radius 2 is 1.88 bits per heavy atom. The van der Waals surface area contributed by atoms with E-state index in [-0.39, 0.29) is 25.2 Å². The Bertz CT molecular complexity index is 831. The summed E-state index contributed by atoms with van der Waals surface area (Å²) in [4.78, 5) is 26.1. The van der Waals surface area contributed by atoms with E-state index in [1.807, 2.05) is 63.2 Å². The van der Waals surface area contributed by atoms with Gasteiger partial charge in [-0.2, -0.15) is 0 Å². The molecule has 0 bridgehead atoms. The van der Waals surface area contributed by atoms with Crippen molar-refractivity contribution in [2.24, 2.45) is 0 Å². The van der Waals surface area contributed by atoms with Gasteiger partial charge in [-0.3, -0.25) is 4.79 Å². The van der Waals surface area contributed by atoms with Crippen LogP contribution in [0.3, 0.4) is 0 Å². The fourth-order valence-corrected chi connectivity index (χ4v) is 3.30. The first-order valence-electron chi connectivity index (χ1n) is 8.71. The molecule has 1 aliphatic heterocycles. The van der Waals surface area contributed by atoms with Crippen LogP contribution in [0.1, 0.15) is 23.6 Å². The van der Waals surface area contributed by atoms with Gasteiger partial charge in [0.1, 0.15) is 5.75 Å². The summed E-state index contributed by atoms with van der Waals surface area (Å²) in [7, 11) is 0. The molecular formula is C21H23NO4. The number of nitrogens with zero attached hydrogens (tertiary/aromatic N) is 1. The molecule has 0 unspecified atom stereocenters. The van der Waals surface area contributed by atoms with Crippen molar-refractivity contribution < 1.29 is 19.1 Å². The molecule has 0 spiro atoms. The molecule has 5 nitrogen and oxygen atoms in total. The van der Waals surface area contributed by atoms with Gasteiger partial charge >= 0.3 is 5.97 Å². The smallest absolute Gasteiger partial charge is 0.344 e. The molecule has 5 heteroatoms. The summed E-state index contributed by atoms with van der Waals surface area (Å²) in [5.74, 6) is -0.137. The first-order valence-corrected chi connectivity index (χ1v) is 8.71. The Kier molecular flexibility index (Phi) is 5.26. The second kappa shape index (κ2) is 7.60. The first kappa shape index (κ1) is 18.0. The second-order valence-electron chi connectivity index (χ2n) is 6.66. The van der Waals surface area contributed by atoms with Crippen molar-refractivity contribution >= 4 is 17.6 Å². The van der Waals surface area contributed by atoms with Crippen LogP contribution in [0, 0.1) is 13.8 Å². The van der Waals surface area contributed by atoms with Gasteiger partial charge in [-0.05, 0) is 50.5 Å². The van der Waals surface area contributed by atoms with Crippen molar-refractivity contribution in [3.05, 3.63) is 59.2 Å². The van der Waals surface area contributed by atoms with Crippen LogP contribution in [0.4, 0.5) is 5.69 Å². The lowest BCUT2D eigenvalue weighted by molar-refractivity contribution is -0.149. The number of ether oxygens (including phenoxy) is 2. The molecule has 1 amide bonds. The zero-order valence-electron chi connectivity index (χ0n) is 15.3. The van der Waals surface area contributed by atoms with Crippen LogP contribution in [0.15, 0.2) is 42.5 Å². The van der Waals surface area contributed by atoms with E-state index in [0.717, 1.165) is 28.8 Å². The Labute approximate surface area is 153 Å². The van der Waals surface area contributed by atoms with Gasteiger partial charge in [-0.15, -0.1) is 0 Å². The highest BCUT2D eigenvalue weighted by molar-refractivity contribution is 5.97. The molecule has 0 fully saturated rings. The number of fused-ring (bicyclic) bond motifs is 1. The molecule has 1 atom stereocenters. The number of rotatable bonds is 5. The number of para-hydroxylation sites is 1. The first-order chi connectivity index (χ1) is 12.5. The van der Waals surface area contributed by atoms with Crippen LogP contribution in [0.5, 0.6) is 5.75 Å².